The molecule has 172 valence electrons. The lowest BCUT2D eigenvalue weighted by molar-refractivity contribution is -0.118. The van der Waals surface area contributed by atoms with E-state index >= 15 is 0 Å². The number of nitriles is 1. The number of anilines is 2. The summed E-state index contributed by atoms with van der Waals surface area (Å²) in [7, 11) is 0. The van der Waals surface area contributed by atoms with Crippen molar-refractivity contribution >= 4 is 64.1 Å². The molecule has 2 N–H and O–H groups in total. The molecule has 0 saturated carbocycles. The van der Waals surface area contributed by atoms with Crippen molar-refractivity contribution in [3.8, 4) is 11.8 Å². The summed E-state index contributed by atoms with van der Waals surface area (Å²) in [5.74, 6) is -0.932. The van der Waals surface area contributed by atoms with Crippen molar-refractivity contribution in [2.45, 2.75) is 6.92 Å². The first-order valence-corrected chi connectivity index (χ1v) is 11.1. The van der Waals surface area contributed by atoms with Crippen LogP contribution in [-0.4, -0.2) is 18.4 Å². The van der Waals surface area contributed by atoms with E-state index in [0.29, 0.717) is 22.0 Å². The Labute approximate surface area is 211 Å². The van der Waals surface area contributed by atoms with Gasteiger partial charge in [0.2, 0.25) is 0 Å². The van der Waals surface area contributed by atoms with Gasteiger partial charge in [-0.2, -0.15) is 5.26 Å². The zero-order valence-corrected chi connectivity index (χ0v) is 20.1. The fourth-order valence-electron chi connectivity index (χ4n) is 2.92. The van der Waals surface area contributed by atoms with Crippen molar-refractivity contribution in [2.75, 3.05) is 17.2 Å². The second kappa shape index (κ2) is 11.6. The lowest BCUT2D eigenvalue weighted by Gasteiger charge is -2.12. The number of nitrogens with one attached hydrogen (secondary N) is 2. The Hall–Kier alpha value is -3.50. The molecule has 0 aliphatic rings. The molecule has 3 aromatic rings. The van der Waals surface area contributed by atoms with Crippen LogP contribution >= 0.6 is 34.8 Å². The Morgan fingerprint density at radius 3 is 2.32 bits per heavy atom. The van der Waals surface area contributed by atoms with Gasteiger partial charge in [0.05, 0.1) is 20.8 Å². The van der Waals surface area contributed by atoms with Gasteiger partial charge in [-0.1, -0.05) is 59.1 Å². The van der Waals surface area contributed by atoms with Crippen LogP contribution < -0.4 is 15.4 Å². The number of rotatable bonds is 7. The second-order valence-corrected chi connectivity index (χ2v) is 8.35. The number of benzene rings is 3. The van der Waals surface area contributed by atoms with Crippen molar-refractivity contribution in [2.24, 2.45) is 0 Å². The van der Waals surface area contributed by atoms with Gasteiger partial charge in [0, 0.05) is 5.69 Å². The minimum absolute atomic E-state index is 0.0949. The molecule has 0 atom stereocenters. The molecule has 9 heteroatoms. The molecule has 0 fully saturated rings. The molecule has 0 radical (unpaired) electrons. The highest BCUT2D eigenvalue weighted by Gasteiger charge is 2.15. The van der Waals surface area contributed by atoms with Gasteiger partial charge in [-0.25, -0.2) is 0 Å². The molecule has 0 aliphatic carbocycles. The van der Waals surface area contributed by atoms with E-state index in [4.69, 9.17) is 39.5 Å². The molecule has 0 unspecified atom stereocenters. The summed E-state index contributed by atoms with van der Waals surface area (Å²) in [5.41, 5.74) is 2.26. The van der Waals surface area contributed by atoms with E-state index in [9.17, 15) is 14.9 Å². The van der Waals surface area contributed by atoms with E-state index < -0.39 is 11.8 Å². The predicted octanol–water partition coefficient (Wildman–Crippen LogP) is 6.52. The molecule has 0 aromatic heterocycles. The van der Waals surface area contributed by atoms with E-state index in [-0.39, 0.29) is 28.0 Å². The van der Waals surface area contributed by atoms with E-state index in [2.05, 4.69) is 10.6 Å². The SMILES string of the molecule is Cc1cccc(NC(=O)/C(C#N)=C/c2cc(Cl)c(OCC(=O)Nc3ccccc3Cl)c(Cl)c2)c1. The normalized spacial score (nSPS) is 10.9. The Balaban J connectivity index is 1.70. The number of aryl methyl sites for hydroxylation is 1. The second-order valence-electron chi connectivity index (χ2n) is 7.12. The Morgan fingerprint density at radius 1 is 0.971 bits per heavy atom. The first-order chi connectivity index (χ1) is 16.3. The van der Waals surface area contributed by atoms with Crippen LogP contribution in [0.2, 0.25) is 15.1 Å². The molecular weight excluding hydrogens is 497 g/mol. The van der Waals surface area contributed by atoms with Gasteiger partial charge in [0.25, 0.3) is 11.8 Å². The highest BCUT2D eigenvalue weighted by molar-refractivity contribution is 6.37. The number of carbonyl (C=O) groups is 2. The molecule has 0 bridgehead atoms. The predicted molar refractivity (Wildman–Crippen MR) is 135 cm³/mol. The number of hydrogen-bond donors (Lipinski definition) is 2. The third-order valence-corrected chi connectivity index (χ3v) is 5.36. The lowest BCUT2D eigenvalue weighted by atomic mass is 10.1. The summed E-state index contributed by atoms with van der Waals surface area (Å²) in [4.78, 5) is 24.7. The van der Waals surface area contributed by atoms with Gasteiger partial charge in [0.15, 0.2) is 12.4 Å². The molecular formula is C25H18Cl3N3O3. The number of ether oxygens (including phenoxy) is 1. The molecule has 6 nitrogen and oxygen atoms in total. The van der Waals surface area contributed by atoms with Gasteiger partial charge in [-0.15, -0.1) is 0 Å². The van der Waals surface area contributed by atoms with Crippen molar-refractivity contribution in [3.05, 3.63) is 92.4 Å². The van der Waals surface area contributed by atoms with E-state index in [1.54, 1.807) is 42.5 Å². The minimum atomic E-state index is -0.572. The number of carbonyl (C=O) groups excluding carboxylic acids is 2. The van der Waals surface area contributed by atoms with Crippen molar-refractivity contribution in [1.29, 1.82) is 5.26 Å². The standard InChI is InChI=1S/C25H18Cl3N3O3/c1-15-5-4-6-18(9-15)30-25(33)17(13-29)10-16-11-20(27)24(21(28)12-16)34-14-23(32)31-22-8-3-2-7-19(22)26/h2-12H,14H2,1H3,(H,30,33)(H,31,32)/b17-10+. The van der Waals surface area contributed by atoms with Crippen LogP contribution in [-0.2, 0) is 9.59 Å². The summed E-state index contributed by atoms with van der Waals surface area (Å²) in [6.07, 6.45) is 1.36. The number of para-hydroxylation sites is 1. The van der Waals surface area contributed by atoms with Gasteiger partial charge in [0.1, 0.15) is 11.6 Å². The number of amides is 2. The molecule has 3 aromatic carbocycles. The average Bonchev–Trinajstić information content (AvgIpc) is 2.78. The maximum Gasteiger partial charge on any atom is 0.266 e. The Bertz CT molecular complexity index is 1290. The van der Waals surface area contributed by atoms with Gasteiger partial charge < -0.3 is 15.4 Å². The molecule has 3 rings (SSSR count). The van der Waals surface area contributed by atoms with E-state index in [1.807, 2.05) is 19.1 Å². The number of nitrogens with zero attached hydrogens (tertiary/aromatic N) is 1. The van der Waals surface area contributed by atoms with Crippen LogP contribution in [0.4, 0.5) is 11.4 Å². The summed E-state index contributed by atoms with van der Waals surface area (Å²) in [5, 5.41) is 15.4. The third kappa shape index (κ3) is 6.75. The van der Waals surface area contributed by atoms with Crippen molar-refractivity contribution in [3.63, 3.8) is 0 Å². The summed E-state index contributed by atoms with van der Waals surface area (Å²) < 4.78 is 5.48. The first kappa shape index (κ1) is 25.1. The van der Waals surface area contributed by atoms with Crippen LogP contribution in [0.1, 0.15) is 11.1 Å². The Morgan fingerprint density at radius 2 is 1.68 bits per heavy atom. The monoisotopic (exact) mass is 513 g/mol. The fourth-order valence-corrected chi connectivity index (χ4v) is 3.72. The highest BCUT2D eigenvalue weighted by Crippen LogP contribution is 2.35. The third-order valence-electron chi connectivity index (χ3n) is 4.47. The summed E-state index contributed by atoms with van der Waals surface area (Å²) in [6.45, 7) is 1.53. The maximum atomic E-state index is 12.5. The van der Waals surface area contributed by atoms with E-state index in [0.717, 1.165) is 5.56 Å². The van der Waals surface area contributed by atoms with Crippen LogP contribution in [0, 0.1) is 18.3 Å². The highest BCUT2D eigenvalue weighted by atomic mass is 35.5. The molecule has 0 aliphatic heterocycles. The summed E-state index contributed by atoms with van der Waals surface area (Å²) in [6, 6.07) is 18.8. The average molecular weight is 515 g/mol. The maximum absolute atomic E-state index is 12.5. The summed E-state index contributed by atoms with van der Waals surface area (Å²) >= 11 is 18.6. The first-order valence-electron chi connectivity index (χ1n) is 9.93. The van der Waals surface area contributed by atoms with Gasteiger partial charge >= 0.3 is 0 Å². The number of hydrogen-bond acceptors (Lipinski definition) is 4. The van der Waals surface area contributed by atoms with E-state index in [1.165, 1.54) is 18.2 Å². The smallest absolute Gasteiger partial charge is 0.266 e. The zero-order chi connectivity index (χ0) is 24.7. The number of halogens is 3. The molecule has 0 saturated heterocycles. The fraction of sp³-hybridized carbons (Fsp3) is 0.0800. The zero-order valence-electron chi connectivity index (χ0n) is 17.9. The molecule has 0 heterocycles. The van der Waals surface area contributed by atoms with Crippen molar-refractivity contribution < 1.29 is 14.3 Å². The molecule has 2 amide bonds. The quantitative estimate of drug-likeness (QED) is 0.277. The lowest BCUT2D eigenvalue weighted by Crippen LogP contribution is -2.20. The molecule has 0 spiro atoms. The van der Waals surface area contributed by atoms with Crippen LogP contribution in [0.5, 0.6) is 5.75 Å². The largest absolute Gasteiger partial charge is 0.481 e. The van der Waals surface area contributed by atoms with Crippen LogP contribution in [0.15, 0.2) is 66.2 Å². The molecule has 34 heavy (non-hydrogen) atoms. The van der Waals surface area contributed by atoms with Crippen LogP contribution in [0.25, 0.3) is 6.08 Å². The van der Waals surface area contributed by atoms with Gasteiger partial charge in [-0.3, -0.25) is 9.59 Å². The topological polar surface area (TPSA) is 91.2 Å². The van der Waals surface area contributed by atoms with Gasteiger partial charge in [-0.05, 0) is 60.5 Å². The van der Waals surface area contributed by atoms with Crippen LogP contribution in [0.3, 0.4) is 0 Å². The van der Waals surface area contributed by atoms with Crippen molar-refractivity contribution in [1.82, 2.24) is 0 Å². The Kier molecular flexibility index (Phi) is 8.55. The minimum Gasteiger partial charge on any atom is -0.481 e.